The number of hydrogen-bond donors (Lipinski definition) is 0. The molecule has 3 heteroatoms. The quantitative estimate of drug-likeness (QED) is 0.774. The van der Waals surface area contributed by atoms with Crippen LogP contribution in [0, 0.1) is 10.5 Å². The Labute approximate surface area is 86.0 Å². The Morgan fingerprint density at radius 1 is 1.17 bits per heavy atom. The molecule has 0 unspecified atom stereocenters. The van der Waals surface area contributed by atoms with E-state index in [-0.39, 0.29) is 0 Å². The van der Waals surface area contributed by atoms with Crippen LogP contribution in [0.15, 0.2) is 12.1 Å². The summed E-state index contributed by atoms with van der Waals surface area (Å²) < 4.78 is 11.4. The van der Waals surface area contributed by atoms with E-state index in [9.17, 15) is 0 Å². The van der Waals surface area contributed by atoms with E-state index in [1.165, 1.54) is 0 Å². The summed E-state index contributed by atoms with van der Waals surface area (Å²) in [5, 5.41) is 0. The van der Waals surface area contributed by atoms with Gasteiger partial charge < -0.3 is 9.47 Å². The van der Waals surface area contributed by atoms with Crippen LogP contribution in [0.4, 0.5) is 0 Å². The Hall–Kier alpha value is -0.450. The minimum absolute atomic E-state index is 0.835. The maximum absolute atomic E-state index is 5.18. The lowest BCUT2D eigenvalue weighted by atomic mass is 10.2. The molecule has 0 aliphatic rings. The van der Waals surface area contributed by atoms with E-state index in [0.717, 1.165) is 20.6 Å². The number of rotatable bonds is 2. The average Bonchev–Trinajstić information content (AvgIpc) is 2.09. The second-order valence-electron chi connectivity index (χ2n) is 2.44. The Morgan fingerprint density at radius 2 is 1.83 bits per heavy atom. The van der Waals surface area contributed by atoms with Gasteiger partial charge in [0.05, 0.1) is 14.2 Å². The first-order chi connectivity index (χ1) is 5.69. The molecule has 0 N–H and O–H groups in total. The SMILES string of the molecule is COc1cc(I)c(C)c(OC)c1. The van der Waals surface area contributed by atoms with Gasteiger partial charge in [-0.05, 0) is 35.6 Å². The van der Waals surface area contributed by atoms with Gasteiger partial charge in [-0.15, -0.1) is 0 Å². The molecule has 1 aromatic carbocycles. The van der Waals surface area contributed by atoms with Gasteiger partial charge >= 0.3 is 0 Å². The fraction of sp³-hybridized carbons (Fsp3) is 0.333. The van der Waals surface area contributed by atoms with Crippen molar-refractivity contribution in [1.82, 2.24) is 0 Å². The fourth-order valence-electron chi connectivity index (χ4n) is 0.960. The smallest absolute Gasteiger partial charge is 0.126 e. The van der Waals surface area contributed by atoms with Crippen LogP contribution in [0.2, 0.25) is 0 Å². The fourth-order valence-corrected chi connectivity index (χ4v) is 1.53. The zero-order chi connectivity index (χ0) is 9.14. The second kappa shape index (κ2) is 3.98. The minimum Gasteiger partial charge on any atom is -0.497 e. The topological polar surface area (TPSA) is 18.5 Å². The summed E-state index contributed by atoms with van der Waals surface area (Å²) in [5.41, 5.74) is 1.15. The summed E-state index contributed by atoms with van der Waals surface area (Å²) >= 11 is 2.26. The summed E-state index contributed by atoms with van der Waals surface area (Å²) in [6.45, 7) is 2.03. The van der Waals surface area contributed by atoms with Crippen LogP contribution in [0.1, 0.15) is 5.56 Å². The third kappa shape index (κ3) is 1.83. The lowest BCUT2D eigenvalue weighted by molar-refractivity contribution is 0.391. The first-order valence-corrected chi connectivity index (χ1v) is 4.65. The van der Waals surface area contributed by atoms with Crippen molar-refractivity contribution in [3.63, 3.8) is 0 Å². The molecule has 0 aliphatic carbocycles. The molecule has 0 fully saturated rings. The molecule has 0 radical (unpaired) electrons. The molecule has 2 nitrogen and oxygen atoms in total. The van der Waals surface area contributed by atoms with E-state index >= 15 is 0 Å². The second-order valence-corrected chi connectivity index (χ2v) is 3.60. The monoisotopic (exact) mass is 278 g/mol. The molecule has 1 aromatic rings. The van der Waals surface area contributed by atoms with Crippen molar-refractivity contribution in [2.75, 3.05) is 14.2 Å². The number of hydrogen-bond acceptors (Lipinski definition) is 2. The van der Waals surface area contributed by atoms with Crippen LogP contribution < -0.4 is 9.47 Å². The highest BCUT2D eigenvalue weighted by atomic mass is 127. The van der Waals surface area contributed by atoms with Gasteiger partial charge in [-0.25, -0.2) is 0 Å². The molecular weight excluding hydrogens is 267 g/mol. The standard InChI is InChI=1S/C9H11IO2/c1-6-8(10)4-7(11-2)5-9(6)12-3/h4-5H,1-3H3. The van der Waals surface area contributed by atoms with Crippen LogP contribution >= 0.6 is 22.6 Å². The molecule has 1 rings (SSSR count). The first-order valence-electron chi connectivity index (χ1n) is 3.57. The predicted octanol–water partition coefficient (Wildman–Crippen LogP) is 2.62. The number of benzene rings is 1. The summed E-state index contributed by atoms with van der Waals surface area (Å²) in [4.78, 5) is 0. The van der Waals surface area contributed by atoms with Gasteiger partial charge in [-0.1, -0.05) is 0 Å². The van der Waals surface area contributed by atoms with Gasteiger partial charge in [-0.2, -0.15) is 0 Å². The van der Waals surface area contributed by atoms with Gasteiger partial charge in [0.25, 0.3) is 0 Å². The molecule has 12 heavy (non-hydrogen) atoms. The summed E-state index contributed by atoms with van der Waals surface area (Å²) in [5.74, 6) is 1.71. The molecule has 0 bridgehead atoms. The molecule has 0 amide bonds. The Kier molecular flexibility index (Phi) is 3.20. The van der Waals surface area contributed by atoms with Gasteiger partial charge in [0.2, 0.25) is 0 Å². The van der Waals surface area contributed by atoms with E-state index in [1.807, 2.05) is 19.1 Å². The van der Waals surface area contributed by atoms with Crippen LogP contribution in [-0.4, -0.2) is 14.2 Å². The van der Waals surface area contributed by atoms with Gasteiger partial charge in [-0.3, -0.25) is 0 Å². The van der Waals surface area contributed by atoms with E-state index in [4.69, 9.17) is 9.47 Å². The summed E-state index contributed by atoms with van der Waals surface area (Å²) in [7, 11) is 3.32. The van der Waals surface area contributed by atoms with Crippen molar-refractivity contribution in [3.05, 3.63) is 21.3 Å². The normalized spacial score (nSPS) is 9.67. The Balaban J connectivity index is 3.19. The van der Waals surface area contributed by atoms with Crippen molar-refractivity contribution < 1.29 is 9.47 Å². The maximum atomic E-state index is 5.18. The van der Waals surface area contributed by atoms with Crippen LogP contribution in [0.3, 0.4) is 0 Å². The van der Waals surface area contributed by atoms with Gasteiger partial charge in [0.15, 0.2) is 0 Å². The molecule has 0 atom stereocenters. The molecule has 0 aromatic heterocycles. The number of halogens is 1. The Bertz CT molecular complexity index is 284. The Morgan fingerprint density at radius 3 is 2.33 bits per heavy atom. The molecule has 0 heterocycles. The zero-order valence-corrected chi connectivity index (χ0v) is 9.51. The molecule has 0 aliphatic heterocycles. The van der Waals surface area contributed by atoms with E-state index in [0.29, 0.717) is 0 Å². The number of ether oxygens (including phenoxy) is 2. The molecular formula is C9H11IO2. The third-order valence-corrected chi connectivity index (χ3v) is 2.85. The zero-order valence-electron chi connectivity index (χ0n) is 7.35. The third-order valence-electron chi connectivity index (χ3n) is 1.73. The maximum Gasteiger partial charge on any atom is 0.126 e. The van der Waals surface area contributed by atoms with Crippen LogP contribution in [0.5, 0.6) is 11.5 Å². The highest BCUT2D eigenvalue weighted by molar-refractivity contribution is 14.1. The van der Waals surface area contributed by atoms with E-state index in [2.05, 4.69) is 22.6 Å². The van der Waals surface area contributed by atoms with Crippen LogP contribution in [0.25, 0.3) is 0 Å². The summed E-state index contributed by atoms with van der Waals surface area (Å²) in [6.07, 6.45) is 0. The summed E-state index contributed by atoms with van der Waals surface area (Å²) in [6, 6.07) is 3.87. The highest BCUT2D eigenvalue weighted by Crippen LogP contribution is 2.28. The molecule has 0 saturated carbocycles. The highest BCUT2D eigenvalue weighted by Gasteiger charge is 2.04. The average molecular weight is 278 g/mol. The van der Waals surface area contributed by atoms with Crippen molar-refractivity contribution in [2.24, 2.45) is 0 Å². The largest absolute Gasteiger partial charge is 0.497 e. The first kappa shape index (κ1) is 9.64. The van der Waals surface area contributed by atoms with E-state index < -0.39 is 0 Å². The van der Waals surface area contributed by atoms with Crippen LogP contribution in [-0.2, 0) is 0 Å². The van der Waals surface area contributed by atoms with Crippen molar-refractivity contribution >= 4 is 22.6 Å². The molecule has 0 saturated heterocycles. The minimum atomic E-state index is 0.835. The lowest BCUT2D eigenvalue weighted by Crippen LogP contribution is -1.92. The number of methoxy groups -OCH3 is 2. The lowest BCUT2D eigenvalue weighted by Gasteiger charge is -2.08. The van der Waals surface area contributed by atoms with Gasteiger partial charge in [0.1, 0.15) is 11.5 Å². The van der Waals surface area contributed by atoms with Gasteiger partial charge in [0, 0.05) is 15.2 Å². The van der Waals surface area contributed by atoms with Crippen molar-refractivity contribution in [1.29, 1.82) is 0 Å². The van der Waals surface area contributed by atoms with Crippen molar-refractivity contribution in [2.45, 2.75) is 6.92 Å². The molecule has 0 spiro atoms. The van der Waals surface area contributed by atoms with Crippen molar-refractivity contribution in [3.8, 4) is 11.5 Å². The predicted molar refractivity (Wildman–Crippen MR) is 57.0 cm³/mol. The van der Waals surface area contributed by atoms with E-state index in [1.54, 1.807) is 14.2 Å². The molecule has 66 valence electrons.